The summed E-state index contributed by atoms with van der Waals surface area (Å²) in [5.41, 5.74) is 1.19. The summed E-state index contributed by atoms with van der Waals surface area (Å²) in [6, 6.07) is 1.82. The fourth-order valence-electron chi connectivity index (χ4n) is 3.36. The van der Waals surface area contributed by atoms with Crippen LogP contribution in [0.4, 0.5) is 0 Å². The van der Waals surface area contributed by atoms with Crippen molar-refractivity contribution in [3.63, 3.8) is 0 Å². The molecule has 2 aromatic heterocycles. The van der Waals surface area contributed by atoms with Crippen molar-refractivity contribution in [1.82, 2.24) is 15.1 Å². The number of furan rings is 1. The maximum absolute atomic E-state index is 12.7. The zero-order valence-electron chi connectivity index (χ0n) is 15.4. The molecule has 2 heterocycles. The third-order valence-electron chi connectivity index (χ3n) is 4.74. The molecule has 1 unspecified atom stereocenters. The molecule has 0 radical (unpaired) electrons. The van der Waals surface area contributed by atoms with E-state index in [9.17, 15) is 9.90 Å². The zero-order chi connectivity index (χ0) is 18.2. The molecule has 25 heavy (non-hydrogen) atoms. The summed E-state index contributed by atoms with van der Waals surface area (Å²) in [5, 5.41) is 18.0. The number of aliphatic hydroxyl groups is 1. The zero-order valence-corrected chi connectivity index (χ0v) is 15.4. The van der Waals surface area contributed by atoms with Crippen molar-refractivity contribution < 1.29 is 14.3 Å². The summed E-state index contributed by atoms with van der Waals surface area (Å²) < 4.78 is 7.45. The van der Waals surface area contributed by atoms with Crippen molar-refractivity contribution in [3.05, 3.63) is 40.6 Å². The Balaban J connectivity index is 1.73. The molecule has 0 saturated heterocycles. The van der Waals surface area contributed by atoms with Crippen LogP contribution < -0.4 is 5.32 Å². The van der Waals surface area contributed by atoms with Crippen LogP contribution in [0.1, 0.15) is 72.2 Å². The van der Waals surface area contributed by atoms with Gasteiger partial charge >= 0.3 is 0 Å². The molecule has 0 bridgehead atoms. The van der Waals surface area contributed by atoms with Gasteiger partial charge in [0.15, 0.2) is 0 Å². The van der Waals surface area contributed by atoms with E-state index in [0.717, 1.165) is 37.3 Å². The summed E-state index contributed by atoms with van der Waals surface area (Å²) in [4.78, 5) is 12.7. The average molecular weight is 345 g/mol. The van der Waals surface area contributed by atoms with Gasteiger partial charge in [0, 0.05) is 18.0 Å². The monoisotopic (exact) mass is 345 g/mol. The molecule has 1 aliphatic carbocycles. The largest absolute Gasteiger partial charge is 0.466 e. The van der Waals surface area contributed by atoms with E-state index >= 15 is 0 Å². The third kappa shape index (κ3) is 3.63. The Morgan fingerprint density at radius 3 is 2.76 bits per heavy atom. The molecule has 2 aromatic rings. The first kappa shape index (κ1) is 17.7. The summed E-state index contributed by atoms with van der Waals surface area (Å²) in [6.07, 6.45) is 4.86. The van der Waals surface area contributed by atoms with Gasteiger partial charge in [-0.1, -0.05) is 6.92 Å². The Morgan fingerprint density at radius 2 is 2.20 bits per heavy atom. The number of hydrogen-bond acceptors (Lipinski definition) is 4. The Hall–Kier alpha value is -2.08. The minimum Gasteiger partial charge on any atom is -0.466 e. The fourth-order valence-corrected chi connectivity index (χ4v) is 3.36. The second-order valence-electron chi connectivity index (χ2n) is 7.22. The molecule has 1 aliphatic rings. The van der Waals surface area contributed by atoms with Crippen LogP contribution >= 0.6 is 0 Å². The van der Waals surface area contributed by atoms with E-state index in [4.69, 9.17) is 4.42 Å². The number of aromatic nitrogens is 2. The van der Waals surface area contributed by atoms with Crippen LogP contribution in [0.15, 0.2) is 16.7 Å². The minimum atomic E-state index is -1.18. The Bertz CT molecular complexity index is 769. The van der Waals surface area contributed by atoms with Crippen molar-refractivity contribution in [2.45, 2.75) is 65.0 Å². The van der Waals surface area contributed by atoms with Gasteiger partial charge in [0.1, 0.15) is 17.1 Å². The van der Waals surface area contributed by atoms with Crippen LogP contribution in [0.5, 0.6) is 0 Å². The second kappa shape index (κ2) is 6.67. The average Bonchev–Trinajstić information content (AvgIpc) is 3.21. The van der Waals surface area contributed by atoms with E-state index < -0.39 is 5.60 Å². The number of carbonyl (C=O) groups excluding carboxylic acids is 1. The molecule has 1 saturated carbocycles. The molecule has 2 N–H and O–H groups in total. The van der Waals surface area contributed by atoms with E-state index in [1.807, 2.05) is 24.6 Å². The lowest BCUT2D eigenvalue weighted by molar-refractivity contribution is 0.0513. The first-order chi connectivity index (χ1) is 11.8. The van der Waals surface area contributed by atoms with E-state index in [2.05, 4.69) is 17.3 Å². The van der Waals surface area contributed by atoms with Crippen LogP contribution in [-0.2, 0) is 12.1 Å². The predicted octanol–water partition coefficient (Wildman–Crippen LogP) is 3.02. The fraction of sp³-hybridized carbons (Fsp3) is 0.579. The highest BCUT2D eigenvalue weighted by Gasteiger charge is 2.33. The molecule has 1 amide bonds. The van der Waals surface area contributed by atoms with Crippen molar-refractivity contribution in [2.24, 2.45) is 0 Å². The highest BCUT2D eigenvalue weighted by Crippen LogP contribution is 2.41. The molecule has 0 aromatic carbocycles. The minimum absolute atomic E-state index is 0.120. The Kier molecular flexibility index (Phi) is 4.73. The summed E-state index contributed by atoms with van der Waals surface area (Å²) >= 11 is 0. The first-order valence-corrected chi connectivity index (χ1v) is 8.97. The van der Waals surface area contributed by atoms with Gasteiger partial charge in [-0.15, -0.1) is 0 Å². The van der Waals surface area contributed by atoms with Crippen LogP contribution in [0, 0.1) is 13.8 Å². The van der Waals surface area contributed by atoms with Gasteiger partial charge < -0.3 is 14.8 Å². The molecule has 6 heteroatoms. The molecular formula is C19H27N3O3. The standard InChI is InChI=1S/C19H27N3O3/c1-5-8-22-17(14-6-7-14)15(10-21-22)18(23)20-11-19(4,24)16-9-12(2)25-13(16)3/h9-10,14,24H,5-8,11H2,1-4H3,(H,20,23). The van der Waals surface area contributed by atoms with E-state index in [1.165, 1.54) is 0 Å². The lowest BCUT2D eigenvalue weighted by Gasteiger charge is -2.23. The SMILES string of the molecule is CCCn1ncc(C(=O)NCC(C)(O)c2cc(C)oc2C)c1C1CC1. The number of nitrogens with one attached hydrogen (secondary N) is 1. The predicted molar refractivity (Wildman–Crippen MR) is 94.6 cm³/mol. The maximum Gasteiger partial charge on any atom is 0.254 e. The van der Waals surface area contributed by atoms with Crippen molar-refractivity contribution in [1.29, 1.82) is 0 Å². The smallest absolute Gasteiger partial charge is 0.254 e. The van der Waals surface area contributed by atoms with Gasteiger partial charge in [0.05, 0.1) is 24.0 Å². The molecule has 136 valence electrons. The van der Waals surface area contributed by atoms with Gasteiger partial charge in [-0.05, 0) is 46.1 Å². The Morgan fingerprint density at radius 1 is 1.48 bits per heavy atom. The molecule has 6 nitrogen and oxygen atoms in total. The number of nitrogens with zero attached hydrogens (tertiary/aromatic N) is 2. The number of amides is 1. The van der Waals surface area contributed by atoms with Gasteiger partial charge in [0.25, 0.3) is 5.91 Å². The number of carbonyl (C=O) groups is 1. The first-order valence-electron chi connectivity index (χ1n) is 8.97. The van der Waals surface area contributed by atoms with Gasteiger partial charge in [-0.25, -0.2) is 0 Å². The molecule has 1 atom stereocenters. The maximum atomic E-state index is 12.7. The summed E-state index contributed by atoms with van der Waals surface area (Å²) in [7, 11) is 0. The molecule has 0 aliphatic heterocycles. The van der Waals surface area contributed by atoms with Crippen molar-refractivity contribution in [2.75, 3.05) is 6.54 Å². The third-order valence-corrected chi connectivity index (χ3v) is 4.74. The number of rotatable bonds is 7. The van der Waals surface area contributed by atoms with E-state index in [-0.39, 0.29) is 12.5 Å². The van der Waals surface area contributed by atoms with Gasteiger partial charge in [-0.2, -0.15) is 5.10 Å². The quantitative estimate of drug-likeness (QED) is 0.808. The van der Waals surface area contributed by atoms with Gasteiger partial charge in [0.2, 0.25) is 0 Å². The second-order valence-corrected chi connectivity index (χ2v) is 7.22. The van der Waals surface area contributed by atoms with E-state index in [1.54, 1.807) is 13.1 Å². The topological polar surface area (TPSA) is 80.3 Å². The molecule has 0 spiro atoms. The highest BCUT2D eigenvalue weighted by molar-refractivity contribution is 5.95. The lowest BCUT2D eigenvalue weighted by Crippen LogP contribution is -2.39. The van der Waals surface area contributed by atoms with Crippen LogP contribution in [0.2, 0.25) is 0 Å². The van der Waals surface area contributed by atoms with E-state index in [0.29, 0.717) is 22.8 Å². The highest BCUT2D eigenvalue weighted by atomic mass is 16.3. The Labute approximate surface area is 148 Å². The van der Waals surface area contributed by atoms with Crippen LogP contribution in [0.25, 0.3) is 0 Å². The number of hydrogen-bond donors (Lipinski definition) is 2. The van der Waals surface area contributed by atoms with Gasteiger partial charge in [-0.3, -0.25) is 9.48 Å². The lowest BCUT2D eigenvalue weighted by atomic mass is 9.96. The molecular weight excluding hydrogens is 318 g/mol. The van der Waals surface area contributed by atoms with Crippen molar-refractivity contribution >= 4 is 5.91 Å². The van der Waals surface area contributed by atoms with Crippen LogP contribution in [0.3, 0.4) is 0 Å². The summed E-state index contributed by atoms with van der Waals surface area (Å²) in [5.74, 6) is 1.68. The summed E-state index contributed by atoms with van der Waals surface area (Å²) in [6.45, 7) is 8.39. The molecule has 1 fully saturated rings. The molecule has 3 rings (SSSR count). The number of aryl methyl sites for hydroxylation is 3. The van der Waals surface area contributed by atoms with Crippen LogP contribution in [-0.4, -0.2) is 27.3 Å². The normalized spacial score (nSPS) is 16.7. The van der Waals surface area contributed by atoms with Crippen molar-refractivity contribution in [3.8, 4) is 0 Å².